The number of thiazole rings is 1. The summed E-state index contributed by atoms with van der Waals surface area (Å²) in [4.78, 5) is 31.6. The van der Waals surface area contributed by atoms with Crippen LogP contribution in [0.2, 0.25) is 0 Å². The van der Waals surface area contributed by atoms with Crippen molar-refractivity contribution in [3.8, 4) is 11.3 Å². The molecule has 3 aromatic heterocycles. The van der Waals surface area contributed by atoms with Gasteiger partial charge in [0, 0.05) is 27.7 Å². The van der Waals surface area contributed by atoms with Crippen LogP contribution in [0, 0.1) is 13.8 Å². The molecule has 8 heteroatoms. The molecule has 0 atom stereocenters. The highest BCUT2D eigenvalue weighted by molar-refractivity contribution is 7.17. The van der Waals surface area contributed by atoms with Gasteiger partial charge in [-0.2, -0.15) is 0 Å². The van der Waals surface area contributed by atoms with Gasteiger partial charge >= 0.3 is 5.97 Å². The Balaban J connectivity index is 1.55. The SMILES string of the molecule is CCOC(=O)c1c(NC(=O)Cc2csc3nc(-c4ccccc4)cn23)sc(C)c1C. The molecular weight excluding hydrogens is 418 g/mol. The molecule has 1 N–H and O–H groups in total. The molecule has 0 saturated carbocycles. The van der Waals surface area contributed by atoms with Gasteiger partial charge in [-0.1, -0.05) is 30.3 Å². The van der Waals surface area contributed by atoms with Crippen molar-refractivity contribution in [2.45, 2.75) is 27.2 Å². The van der Waals surface area contributed by atoms with Crippen molar-refractivity contribution in [1.29, 1.82) is 0 Å². The zero-order valence-corrected chi connectivity index (χ0v) is 18.5. The van der Waals surface area contributed by atoms with Gasteiger partial charge in [0.05, 0.1) is 24.3 Å². The molecular formula is C22H21N3O3S2. The fraction of sp³-hybridized carbons (Fsp3) is 0.227. The van der Waals surface area contributed by atoms with E-state index in [9.17, 15) is 9.59 Å². The number of thiophene rings is 1. The Labute approximate surface area is 182 Å². The summed E-state index contributed by atoms with van der Waals surface area (Å²) in [7, 11) is 0. The van der Waals surface area contributed by atoms with E-state index >= 15 is 0 Å². The Bertz CT molecular complexity index is 1220. The first-order valence-corrected chi connectivity index (χ1v) is 11.3. The van der Waals surface area contributed by atoms with E-state index in [0.29, 0.717) is 10.6 Å². The number of nitrogens with one attached hydrogen (secondary N) is 1. The van der Waals surface area contributed by atoms with Gasteiger partial charge in [0.15, 0.2) is 4.96 Å². The lowest BCUT2D eigenvalue weighted by Gasteiger charge is -2.07. The summed E-state index contributed by atoms with van der Waals surface area (Å²) >= 11 is 2.89. The quantitative estimate of drug-likeness (QED) is 0.424. The molecule has 1 aromatic carbocycles. The Hall–Kier alpha value is -2.97. The number of fused-ring (bicyclic) bond motifs is 1. The molecule has 1 amide bonds. The molecule has 0 fully saturated rings. The Kier molecular flexibility index (Phi) is 5.69. The summed E-state index contributed by atoms with van der Waals surface area (Å²) in [6.07, 6.45) is 2.14. The lowest BCUT2D eigenvalue weighted by atomic mass is 10.1. The van der Waals surface area contributed by atoms with Crippen LogP contribution in [0.4, 0.5) is 5.00 Å². The van der Waals surface area contributed by atoms with E-state index in [4.69, 9.17) is 4.74 Å². The highest BCUT2D eigenvalue weighted by atomic mass is 32.1. The maximum absolute atomic E-state index is 12.8. The van der Waals surface area contributed by atoms with Gasteiger partial charge in [-0.25, -0.2) is 9.78 Å². The minimum absolute atomic E-state index is 0.183. The maximum atomic E-state index is 12.8. The number of aromatic nitrogens is 2. The monoisotopic (exact) mass is 439 g/mol. The standard InChI is InChI=1S/C22H21N3O3S2/c1-4-28-21(27)19-13(2)14(3)30-20(19)24-18(26)10-16-12-29-22-23-17(11-25(16)22)15-8-6-5-7-9-15/h5-9,11-12H,4,10H2,1-3H3,(H,24,26). The van der Waals surface area contributed by atoms with Crippen LogP contribution in [-0.4, -0.2) is 27.9 Å². The normalized spacial score (nSPS) is 11.0. The number of amides is 1. The van der Waals surface area contributed by atoms with Crippen molar-refractivity contribution in [2.75, 3.05) is 11.9 Å². The fourth-order valence-corrected chi connectivity index (χ4v) is 5.14. The molecule has 154 valence electrons. The molecule has 0 radical (unpaired) electrons. The molecule has 0 spiro atoms. The Morgan fingerprint density at radius 3 is 2.70 bits per heavy atom. The first-order chi connectivity index (χ1) is 14.5. The predicted octanol–water partition coefficient (Wildman–Crippen LogP) is 5.10. The third-order valence-corrected chi connectivity index (χ3v) is 6.82. The van der Waals surface area contributed by atoms with E-state index in [1.165, 1.54) is 22.7 Å². The second-order valence-corrected chi connectivity index (χ2v) is 8.87. The second kappa shape index (κ2) is 8.41. The summed E-state index contributed by atoms with van der Waals surface area (Å²) in [5, 5.41) is 5.38. The molecule has 0 unspecified atom stereocenters. The first kappa shape index (κ1) is 20.3. The number of hydrogen-bond donors (Lipinski definition) is 1. The molecule has 0 aliphatic heterocycles. The first-order valence-electron chi connectivity index (χ1n) is 9.55. The number of aryl methyl sites for hydroxylation is 1. The molecule has 3 heterocycles. The fourth-order valence-electron chi connectivity index (χ4n) is 3.20. The molecule has 0 aliphatic rings. The van der Waals surface area contributed by atoms with E-state index in [1.807, 2.05) is 60.2 Å². The lowest BCUT2D eigenvalue weighted by molar-refractivity contribution is -0.115. The van der Waals surface area contributed by atoms with Crippen LogP contribution in [0.5, 0.6) is 0 Å². The average molecular weight is 440 g/mol. The van der Waals surface area contributed by atoms with Crippen LogP contribution in [0.25, 0.3) is 16.2 Å². The van der Waals surface area contributed by atoms with Crippen molar-refractivity contribution in [3.05, 3.63) is 63.6 Å². The van der Waals surface area contributed by atoms with Gasteiger partial charge in [0.1, 0.15) is 5.00 Å². The van der Waals surface area contributed by atoms with Crippen molar-refractivity contribution in [1.82, 2.24) is 9.38 Å². The number of carbonyl (C=O) groups is 2. The van der Waals surface area contributed by atoms with Crippen molar-refractivity contribution in [3.63, 3.8) is 0 Å². The summed E-state index contributed by atoms with van der Waals surface area (Å²) in [5.74, 6) is -0.592. The molecule has 30 heavy (non-hydrogen) atoms. The molecule has 0 bridgehead atoms. The van der Waals surface area contributed by atoms with E-state index in [-0.39, 0.29) is 18.9 Å². The zero-order valence-electron chi connectivity index (χ0n) is 16.9. The number of ether oxygens (including phenoxy) is 1. The highest BCUT2D eigenvalue weighted by Gasteiger charge is 2.22. The van der Waals surface area contributed by atoms with Gasteiger partial charge in [-0.15, -0.1) is 22.7 Å². The average Bonchev–Trinajstić information content (AvgIpc) is 3.38. The van der Waals surface area contributed by atoms with Gasteiger partial charge in [0.2, 0.25) is 5.91 Å². The van der Waals surface area contributed by atoms with E-state index in [0.717, 1.165) is 32.4 Å². The number of esters is 1. The van der Waals surface area contributed by atoms with Gasteiger partial charge < -0.3 is 10.1 Å². The predicted molar refractivity (Wildman–Crippen MR) is 121 cm³/mol. The van der Waals surface area contributed by atoms with Gasteiger partial charge in [-0.05, 0) is 26.3 Å². The second-order valence-electron chi connectivity index (χ2n) is 6.80. The van der Waals surface area contributed by atoms with Crippen molar-refractivity contribution in [2.24, 2.45) is 0 Å². The summed E-state index contributed by atoms with van der Waals surface area (Å²) < 4.78 is 7.11. The zero-order chi connectivity index (χ0) is 21.3. The number of carbonyl (C=O) groups excluding carboxylic acids is 2. The smallest absolute Gasteiger partial charge is 0.341 e. The van der Waals surface area contributed by atoms with Crippen molar-refractivity contribution < 1.29 is 14.3 Å². The van der Waals surface area contributed by atoms with Crippen LogP contribution < -0.4 is 5.32 Å². The molecule has 0 aliphatic carbocycles. The summed E-state index contributed by atoms with van der Waals surface area (Å²) in [6.45, 7) is 5.85. The maximum Gasteiger partial charge on any atom is 0.341 e. The van der Waals surface area contributed by atoms with E-state index < -0.39 is 5.97 Å². The van der Waals surface area contributed by atoms with Crippen LogP contribution in [0.1, 0.15) is 33.4 Å². The van der Waals surface area contributed by atoms with Crippen molar-refractivity contribution >= 4 is 44.5 Å². The van der Waals surface area contributed by atoms with Crippen LogP contribution >= 0.6 is 22.7 Å². The van der Waals surface area contributed by atoms with Crippen LogP contribution in [0.3, 0.4) is 0 Å². The largest absolute Gasteiger partial charge is 0.462 e. The third kappa shape index (κ3) is 3.88. The summed E-state index contributed by atoms with van der Waals surface area (Å²) in [5.41, 5.74) is 4.04. The molecule has 4 aromatic rings. The van der Waals surface area contributed by atoms with Crippen LogP contribution in [0.15, 0.2) is 41.9 Å². The summed E-state index contributed by atoms with van der Waals surface area (Å²) in [6, 6.07) is 9.94. The number of anilines is 1. The Morgan fingerprint density at radius 2 is 1.97 bits per heavy atom. The van der Waals surface area contributed by atoms with Gasteiger partial charge in [0.25, 0.3) is 0 Å². The number of benzene rings is 1. The number of rotatable bonds is 6. The third-order valence-electron chi connectivity index (χ3n) is 4.81. The Morgan fingerprint density at radius 1 is 1.20 bits per heavy atom. The van der Waals surface area contributed by atoms with Gasteiger partial charge in [-0.3, -0.25) is 9.20 Å². The topological polar surface area (TPSA) is 72.7 Å². The molecule has 0 saturated heterocycles. The minimum Gasteiger partial charge on any atom is -0.462 e. The lowest BCUT2D eigenvalue weighted by Crippen LogP contribution is -2.17. The van der Waals surface area contributed by atoms with E-state index in [2.05, 4.69) is 10.3 Å². The van der Waals surface area contributed by atoms with Crippen LogP contribution in [-0.2, 0) is 16.0 Å². The highest BCUT2D eigenvalue weighted by Crippen LogP contribution is 2.33. The molecule has 6 nitrogen and oxygen atoms in total. The number of hydrogen-bond acceptors (Lipinski definition) is 6. The van der Waals surface area contributed by atoms with E-state index in [1.54, 1.807) is 6.92 Å². The number of imidazole rings is 1. The molecule has 4 rings (SSSR count). The number of nitrogens with zero attached hydrogens (tertiary/aromatic N) is 2. The minimum atomic E-state index is -0.408.